The van der Waals surface area contributed by atoms with Gasteiger partial charge in [-0.2, -0.15) is 16.8 Å². The van der Waals surface area contributed by atoms with E-state index in [1.807, 2.05) is 0 Å². The minimum atomic E-state index is -0.937. The zero-order chi connectivity index (χ0) is 26.3. The quantitative estimate of drug-likeness (QED) is 0.344. The first-order chi connectivity index (χ1) is 17.1. The van der Waals surface area contributed by atoms with Crippen molar-refractivity contribution in [3.63, 3.8) is 0 Å². The number of nitrogens with zero attached hydrogens (tertiary/aromatic N) is 2. The number of anilines is 1. The fourth-order valence-electron chi connectivity index (χ4n) is 3.32. The Kier molecular flexibility index (Phi) is 8.95. The highest BCUT2D eigenvalue weighted by molar-refractivity contribution is 7.99. The molecule has 0 radical (unpaired) electrons. The number of carbonyl (C=O) groups excluding carboxylic acids is 1. The van der Waals surface area contributed by atoms with Crippen LogP contribution < -0.4 is 14.5 Å². The molecule has 3 aromatic rings. The number of hydrogen-bond donors (Lipinski definition) is 1. The van der Waals surface area contributed by atoms with Crippen LogP contribution in [0.4, 0.5) is 5.69 Å². The summed E-state index contributed by atoms with van der Waals surface area (Å²) in [5.74, 6) is 0.705. The van der Waals surface area contributed by atoms with Gasteiger partial charge >= 0.3 is 5.97 Å². The zero-order valence-corrected chi connectivity index (χ0v) is 21.8. The van der Waals surface area contributed by atoms with Crippen molar-refractivity contribution in [1.29, 1.82) is 0 Å². The van der Waals surface area contributed by atoms with Crippen LogP contribution in [-0.4, -0.2) is 40.9 Å². The molecule has 3 rings (SSSR count). The van der Waals surface area contributed by atoms with Gasteiger partial charge in [0.25, 0.3) is 5.91 Å². The highest BCUT2D eigenvalue weighted by Crippen LogP contribution is 2.37. The van der Waals surface area contributed by atoms with E-state index < -0.39 is 5.97 Å². The summed E-state index contributed by atoms with van der Waals surface area (Å²) in [5.41, 5.74) is 2.32. The number of hydrogen-bond acceptors (Lipinski definition) is 7. The smallest absolute Gasteiger partial charge is 0.307 e. The first-order valence-electron chi connectivity index (χ1n) is 11.2. The number of carboxylic acid groups (broad SMARTS) is 1. The lowest BCUT2D eigenvalue weighted by atomic mass is 10.1. The normalized spacial score (nSPS) is 11.1. The summed E-state index contributed by atoms with van der Waals surface area (Å²) in [4.78, 5) is 33.9. The largest absolute Gasteiger partial charge is 0.493 e. The van der Waals surface area contributed by atoms with Gasteiger partial charge in [0.15, 0.2) is 11.5 Å². The van der Waals surface area contributed by atoms with Crippen molar-refractivity contribution in [3.05, 3.63) is 77.6 Å². The Bertz CT molecular complexity index is 1210. The molecular weight excluding hydrogens is 480 g/mol. The van der Waals surface area contributed by atoms with Crippen LogP contribution in [0.15, 0.2) is 60.9 Å². The van der Waals surface area contributed by atoms with Crippen LogP contribution in [0.2, 0.25) is 0 Å². The van der Waals surface area contributed by atoms with Gasteiger partial charge in [0.1, 0.15) is 5.75 Å². The van der Waals surface area contributed by atoms with E-state index in [1.54, 1.807) is 72.7 Å². The van der Waals surface area contributed by atoms with Gasteiger partial charge in [0.05, 0.1) is 32.5 Å². The molecule has 0 unspecified atom stereocenters. The number of pyridine rings is 1. The average Bonchev–Trinajstić information content (AvgIpc) is 2.84. The number of amides is 1. The summed E-state index contributed by atoms with van der Waals surface area (Å²) in [7, 11) is 2.95. The molecule has 8 nitrogen and oxygen atoms in total. The molecule has 1 amide bonds. The number of aliphatic carboxylic acids is 1. The fraction of sp³-hybridized carbons (Fsp3) is 0.296. The Morgan fingerprint density at radius 3 is 2.39 bits per heavy atom. The summed E-state index contributed by atoms with van der Waals surface area (Å²) in [6.07, 6.45) is 3.03. The lowest BCUT2D eigenvalue weighted by Crippen LogP contribution is -2.29. The number of benzene rings is 2. The first kappa shape index (κ1) is 27.0. The SMILES string of the molecule is COc1ccc(CC(=O)O)cc1Oc1ccc(C(=O)N(OC)c2cccnc2)cc1CSC(C)(C)C. The lowest BCUT2D eigenvalue weighted by molar-refractivity contribution is -0.136. The predicted molar refractivity (Wildman–Crippen MR) is 140 cm³/mol. The molecule has 0 spiro atoms. The third-order valence-corrected chi connectivity index (χ3v) is 6.34. The van der Waals surface area contributed by atoms with Crippen molar-refractivity contribution in [2.24, 2.45) is 0 Å². The second kappa shape index (κ2) is 11.9. The molecule has 9 heteroatoms. The molecule has 0 aliphatic carbocycles. The van der Waals surface area contributed by atoms with Gasteiger partial charge in [-0.25, -0.2) is 0 Å². The number of aromatic nitrogens is 1. The van der Waals surface area contributed by atoms with Gasteiger partial charge < -0.3 is 14.6 Å². The number of rotatable bonds is 10. The molecule has 0 bridgehead atoms. The number of hydroxylamine groups is 1. The number of carboxylic acids is 1. The molecule has 0 aliphatic rings. The predicted octanol–water partition coefficient (Wildman–Crippen LogP) is 5.75. The monoisotopic (exact) mass is 510 g/mol. The average molecular weight is 511 g/mol. The van der Waals surface area contributed by atoms with Gasteiger partial charge in [0.2, 0.25) is 0 Å². The van der Waals surface area contributed by atoms with Crippen LogP contribution in [0, 0.1) is 0 Å². The number of methoxy groups -OCH3 is 1. The van der Waals surface area contributed by atoms with Gasteiger partial charge in [-0.3, -0.25) is 19.4 Å². The van der Waals surface area contributed by atoms with Crippen LogP contribution in [0.3, 0.4) is 0 Å². The molecule has 0 aliphatic heterocycles. The third-order valence-electron chi connectivity index (χ3n) is 5.02. The maximum Gasteiger partial charge on any atom is 0.307 e. The van der Waals surface area contributed by atoms with Gasteiger partial charge in [0, 0.05) is 27.8 Å². The number of thioether (sulfide) groups is 1. The van der Waals surface area contributed by atoms with E-state index in [0.717, 1.165) is 5.56 Å². The standard InChI is InChI=1S/C27H30N2O6S/c1-27(2,3)36-17-20-15-19(26(32)29(34-5)21-7-6-12-28-16-21)9-11-22(20)35-24-13-18(14-25(30)31)8-10-23(24)33-4/h6-13,15-16H,14,17H2,1-5H3,(H,30,31). The minimum absolute atomic E-state index is 0.0232. The highest BCUT2D eigenvalue weighted by atomic mass is 32.2. The Labute approximate surface area is 215 Å². The van der Waals surface area contributed by atoms with Crippen LogP contribution in [0.1, 0.15) is 42.3 Å². The maximum atomic E-state index is 13.3. The highest BCUT2D eigenvalue weighted by Gasteiger charge is 2.21. The van der Waals surface area contributed by atoms with Crippen molar-refractivity contribution < 1.29 is 29.0 Å². The summed E-state index contributed by atoms with van der Waals surface area (Å²) in [5, 5.41) is 10.4. The second-order valence-corrected chi connectivity index (χ2v) is 10.7. The Balaban J connectivity index is 1.99. The van der Waals surface area contributed by atoms with Gasteiger partial charge in [-0.1, -0.05) is 26.8 Å². The first-order valence-corrected chi connectivity index (χ1v) is 12.2. The molecule has 1 heterocycles. The second-order valence-electron chi connectivity index (χ2n) is 8.87. The number of ether oxygens (including phenoxy) is 2. The van der Waals surface area contributed by atoms with E-state index in [4.69, 9.17) is 19.4 Å². The molecule has 0 fully saturated rings. The van der Waals surface area contributed by atoms with Crippen molar-refractivity contribution in [2.75, 3.05) is 19.3 Å². The molecule has 190 valence electrons. The molecule has 1 aromatic heterocycles. The molecular formula is C27H30N2O6S. The summed E-state index contributed by atoms with van der Waals surface area (Å²) < 4.78 is 11.6. The molecule has 0 saturated carbocycles. The molecule has 0 saturated heterocycles. The zero-order valence-electron chi connectivity index (χ0n) is 21.0. The Morgan fingerprint density at radius 1 is 1.03 bits per heavy atom. The van der Waals surface area contributed by atoms with Crippen LogP contribution in [-0.2, 0) is 21.8 Å². The van der Waals surface area contributed by atoms with E-state index in [0.29, 0.717) is 39.8 Å². The van der Waals surface area contributed by atoms with Crippen LogP contribution in [0.25, 0.3) is 0 Å². The van der Waals surface area contributed by atoms with Crippen molar-refractivity contribution >= 4 is 29.3 Å². The fourth-order valence-corrected chi connectivity index (χ4v) is 4.13. The van der Waals surface area contributed by atoms with Gasteiger partial charge in [-0.15, -0.1) is 0 Å². The van der Waals surface area contributed by atoms with E-state index >= 15 is 0 Å². The molecule has 1 N–H and O–H groups in total. The molecule has 36 heavy (non-hydrogen) atoms. The van der Waals surface area contributed by atoms with E-state index in [1.165, 1.54) is 19.3 Å². The Hall–Kier alpha value is -3.56. The van der Waals surface area contributed by atoms with E-state index in [9.17, 15) is 9.59 Å². The van der Waals surface area contributed by atoms with Crippen molar-refractivity contribution in [3.8, 4) is 17.2 Å². The molecule has 0 atom stereocenters. The minimum Gasteiger partial charge on any atom is -0.493 e. The maximum absolute atomic E-state index is 13.3. The van der Waals surface area contributed by atoms with Gasteiger partial charge in [-0.05, 0) is 48.0 Å². The van der Waals surface area contributed by atoms with E-state index in [-0.39, 0.29) is 17.1 Å². The van der Waals surface area contributed by atoms with Crippen molar-refractivity contribution in [1.82, 2.24) is 4.98 Å². The topological polar surface area (TPSA) is 98.2 Å². The Morgan fingerprint density at radius 2 is 1.78 bits per heavy atom. The molecule has 2 aromatic carbocycles. The van der Waals surface area contributed by atoms with Crippen molar-refractivity contribution in [2.45, 2.75) is 37.7 Å². The summed E-state index contributed by atoms with van der Waals surface area (Å²) in [6, 6.07) is 13.7. The van der Waals surface area contributed by atoms with Crippen LogP contribution in [0.5, 0.6) is 17.2 Å². The third kappa shape index (κ3) is 7.22. The van der Waals surface area contributed by atoms with Crippen LogP contribution >= 0.6 is 11.8 Å². The number of carbonyl (C=O) groups is 2. The lowest BCUT2D eigenvalue weighted by Gasteiger charge is -2.22. The summed E-state index contributed by atoms with van der Waals surface area (Å²) >= 11 is 1.71. The van der Waals surface area contributed by atoms with E-state index in [2.05, 4.69) is 25.8 Å². The summed E-state index contributed by atoms with van der Waals surface area (Å²) in [6.45, 7) is 6.34.